The number of hydrogen-bond acceptors (Lipinski definition) is 6. The van der Waals surface area contributed by atoms with Crippen LogP contribution in [0.25, 0.3) is 0 Å². The molecule has 0 radical (unpaired) electrons. The Morgan fingerprint density at radius 1 is 1.08 bits per heavy atom. The van der Waals surface area contributed by atoms with E-state index < -0.39 is 0 Å². The molecule has 0 unspecified atom stereocenters. The molecule has 1 aromatic rings. The Labute approximate surface area is 154 Å². The number of pyridine rings is 1. The normalized spacial score (nSPS) is 24.8. The van der Waals surface area contributed by atoms with E-state index >= 15 is 0 Å². The van der Waals surface area contributed by atoms with Gasteiger partial charge in [-0.3, -0.25) is 9.69 Å². The Morgan fingerprint density at radius 2 is 1.88 bits per heavy atom. The van der Waals surface area contributed by atoms with Crippen molar-refractivity contribution in [2.24, 2.45) is 0 Å². The highest BCUT2D eigenvalue weighted by atomic mass is 16.5. The van der Waals surface area contributed by atoms with Crippen LogP contribution in [0.3, 0.4) is 0 Å². The summed E-state index contributed by atoms with van der Waals surface area (Å²) < 4.78 is 11.1. The highest BCUT2D eigenvalue weighted by Gasteiger charge is 2.25. The molecule has 3 fully saturated rings. The van der Waals surface area contributed by atoms with E-state index in [0.29, 0.717) is 11.7 Å². The highest BCUT2D eigenvalue weighted by molar-refractivity contribution is 5.94. The fraction of sp³-hybridized carbons (Fsp3) is 0.684. The van der Waals surface area contributed by atoms with E-state index in [1.807, 2.05) is 17.0 Å². The molecule has 3 aliphatic rings. The Morgan fingerprint density at radius 3 is 2.54 bits per heavy atom. The van der Waals surface area contributed by atoms with E-state index in [4.69, 9.17) is 9.47 Å². The van der Waals surface area contributed by atoms with Gasteiger partial charge >= 0.3 is 0 Å². The van der Waals surface area contributed by atoms with Gasteiger partial charge in [0.25, 0.3) is 5.91 Å². The van der Waals surface area contributed by atoms with Gasteiger partial charge in [-0.05, 0) is 25.0 Å². The average molecular weight is 360 g/mol. The number of aromatic nitrogens is 1. The molecule has 0 aromatic carbocycles. The van der Waals surface area contributed by atoms with E-state index in [1.165, 1.54) is 12.8 Å². The molecule has 142 valence electrons. The molecule has 7 heteroatoms. The number of nitrogens with zero attached hydrogens (tertiary/aromatic N) is 4. The van der Waals surface area contributed by atoms with Gasteiger partial charge in [0.05, 0.1) is 24.9 Å². The van der Waals surface area contributed by atoms with Crippen LogP contribution < -0.4 is 4.90 Å². The van der Waals surface area contributed by atoms with Gasteiger partial charge < -0.3 is 19.3 Å². The lowest BCUT2D eigenvalue weighted by Gasteiger charge is -2.35. The number of hydrogen-bond donors (Lipinski definition) is 0. The van der Waals surface area contributed by atoms with Crippen LogP contribution in [0.4, 0.5) is 5.82 Å². The molecule has 3 aliphatic heterocycles. The first kappa shape index (κ1) is 17.7. The van der Waals surface area contributed by atoms with Gasteiger partial charge in [-0.15, -0.1) is 0 Å². The molecule has 26 heavy (non-hydrogen) atoms. The van der Waals surface area contributed by atoms with Crippen molar-refractivity contribution in [3.8, 4) is 0 Å². The van der Waals surface area contributed by atoms with Gasteiger partial charge in [0.1, 0.15) is 5.82 Å². The van der Waals surface area contributed by atoms with Gasteiger partial charge in [0, 0.05) is 58.6 Å². The molecule has 0 spiro atoms. The van der Waals surface area contributed by atoms with Crippen molar-refractivity contribution < 1.29 is 14.3 Å². The summed E-state index contributed by atoms with van der Waals surface area (Å²) >= 11 is 0. The SMILES string of the molecule is O=C(c1ccc(N2CCOCC2)nc1)N1CCN(C[C@H]2CCCO2)CC1. The van der Waals surface area contributed by atoms with Gasteiger partial charge in [0.2, 0.25) is 0 Å². The highest BCUT2D eigenvalue weighted by Crippen LogP contribution is 2.17. The summed E-state index contributed by atoms with van der Waals surface area (Å²) in [4.78, 5) is 23.8. The van der Waals surface area contributed by atoms with Crippen LogP contribution >= 0.6 is 0 Å². The summed E-state index contributed by atoms with van der Waals surface area (Å²) in [6.07, 6.45) is 4.44. The van der Waals surface area contributed by atoms with Crippen molar-refractivity contribution in [1.29, 1.82) is 0 Å². The number of piperazine rings is 1. The number of rotatable bonds is 4. The van der Waals surface area contributed by atoms with Gasteiger partial charge in [-0.25, -0.2) is 4.98 Å². The number of anilines is 1. The maximum atomic E-state index is 12.7. The van der Waals surface area contributed by atoms with Gasteiger partial charge in [0.15, 0.2) is 0 Å². The smallest absolute Gasteiger partial charge is 0.255 e. The van der Waals surface area contributed by atoms with Crippen LogP contribution in [0.1, 0.15) is 23.2 Å². The average Bonchev–Trinajstić information content (AvgIpc) is 3.22. The minimum absolute atomic E-state index is 0.0859. The zero-order valence-electron chi connectivity index (χ0n) is 15.3. The first-order valence-electron chi connectivity index (χ1n) is 9.71. The summed E-state index contributed by atoms with van der Waals surface area (Å²) in [5.74, 6) is 1.01. The number of ether oxygens (including phenoxy) is 2. The minimum atomic E-state index is 0.0859. The predicted molar refractivity (Wildman–Crippen MR) is 98.6 cm³/mol. The second kappa shape index (κ2) is 8.33. The quantitative estimate of drug-likeness (QED) is 0.794. The van der Waals surface area contributed by atoms with E-state index in [1.54, 1.807) is 6.20 Å². The minimum Gasteiger partial charge on any atom is -0.378 e. The molecule has 0 aliphatic carbocycles. The summed E-state index contributed by atoms with van der Waals surface area (Å²) in [6, 6.07) is 3.85. The molecule has 1 aromatic heterocycles. The van der Waals surface area contributed by atoms with Crippen molar-refractivity contribution >= 4 is 11.7 Å². The van der Waals surface area contributed by atoms with Crippen LogP contribution in [0, 0.1) is 0 Å². The Hall–Kier alpha value is -1.70. The number of carbonyl (C=O) groups excluding carboxylic acids is 1. The molecule has 0 saturated carbocycles. The Bertz CT molecular complexity index is 589. The fourth-order valence-corrected chi connectivity index (χ4v) is 3.88. The molecule has 1 atom stereocenters. The van der Waals surface area contributed by atoms with E-state index in [0.717, 1.165) is 71.5 Å². The Kier molecular flexibility index (Phi) is 5.67. The fourth-order valence-electron chi connectivity index (χ4n) is 3.88. The van der Waals surface area contributed by atoms with E-state index in [-0.39, 0.29) is 5.91 Å². The first-order chi connectivity index (χ1) is 12.8. The topological polar surface area (TPSA) is 58.1 Å². The Balaban J connectivity index is 1.29. The van der Waals surface area contributed by atoms with Crippen molar-refractivity contribution in [2.75, 3.05) is 70.5 Å². The number of amides is 1. The monoisotopic (exact) mass is 360 g/mol. The summed E-state index contributed by atoms with van der Waals surface area (Å²) in [5, 5.41) is 0. The molecule has 4 rings (SSSR count). The summed E-state index contributed by atoms with van der Waals surface area (Å²) in [6.45, 7) is 8.47. The molecule has 7 nitrogen and oxygen atoms in total. The van der Waals surface area contributed by atoms with Crippen LogP contribution in [-0.2, 0) is 9.47 Å². The van der Waals surface area contributed by atoms with Crippen LogP contribution in [0.5, 0.6) is 0 Å². The van der Waals surface area contributed by atoms with Crippen molar-refractivity contribution in [3.05, 3.63) is 23.9 Å². The van der Waals surface area contributed by atoms with Gasteiger partial charge in [-0.1, -0.05) is 0 Å². The van der Waals surface area contributed by atoms with E-state index in [2.05, 4.69) is 14.8 Å². The third kappa shape index (κ3) is 4.16. The van der Waals surface area contributed by atoms with Gasteiger partial charge in [-0.2, -0.15) is 0 Å². The zero-order valence-corrected chi connectivity index (χ0v) is 15.3. The molecule has 4 heterocycles. The third-order valence-corrected chi connectivity index (χ3v) is 5.48. The zero-order chi connectivity index (χ0) is 17.8. The van der Waals surface area contributed by atoms with Crippen LogP contribution in [-0.4, -0.2) is 92.4 Å². The lowest BCUT2D eigenvalue weighted by atomic mass is 10.2. The molecule has 0 N–H and O–H groups in total. The first-order valence-corrected chi connectivity index (χ1v) is 9.71. The standard InChI is InChI=1S/C19H28N4O3/c24-19(16-3-4-18(20-14-16)22-9-12-25-13-10-22)23-7-5-21(6-8-23)15-17-2-1-11-26-17/h3-4,14,17H,1-2,5-13,15H2/t17-/m1/s1. The lowest BCUT2D eigenvalue weighted by molar-refractivity contribution is 0.0432. The summed E-state index contributed by atoms with van der Waals surface area (Å²) in [7, 11) is 0. The molecular weight excluding hydrogens is 332 g/mol. The molecule has 1 amide bonds. The summed E-state index contributed by atoms with van der Waals surface area (Å²) in [5.41, 5.74) is 0.676. The number of morpholine rings is 1. The van der Waals surface area contributed by atoms with Crippen molar-refractivity contribution in [1.82, 2.24) is 14.8 Å². The maximum absolute atomic E-state index is 12.7. The third-order valence-electron chi connectivity index (χ3n) is 5.48. The van der Waals surface area contributed by atoms with Crippen molar-refractivity contribution in [3.63, 3.8) is 0 Å². The molecule has 0 bridgehead atoms. The second-order valence-electron chi connectivity index (χ2n) is 7.23. The van der Waals surface area contributed by atoms with Crippen LogP contribution in [0.15, 0.2) is 18.3 Å². The largest absolute Gasteiger partial charge is 0.378 e. The second-order valence-corrected chi connectivity index (χ2v) is 7.23. The van der Waals surface area contributed by atoms with E-state index in [9.17, 15) is 4.79 Å². The lowest BCUT2D eigenvalue weighted by Crippen LogP contribution is -2.50. The molecular formula is C19H28N4O3. The predicted octanol–water partition coefficient (Wildman–Crippen LogP) is 0.855. The number of carbonyl (C=O) groups is 1. The molecule has 3 saturated heterocycles. The maximum Gasteiger partial charge on any atom is 0.255 e. The van der Waals surface area contributed by atoms with Crippen LogP contribution in [0.2, 0.25) is 0 Å². The van der Waals surface area contributed by atoms with Crippen molar-refractivity contribution in [2.45, 2.75) is 18.9 Å².